The van der Waals surface area contributed by atoms with E-state index in [1.807, 2.05) is 32.7 Å². The van der Waals surface area contributed by atoms with Crippen LogP contribution in [0.25, 0.3) is 0 Å². The van der Waals surface area contributed by atoms with E-state index in [2.05, 4.69) is 5.32 Å². The molecule has 2 rings (SSSR count). The Kier molecular flexibility index (Phi) is 4.09. The molecule has 110 valence electrons. The van der Waals surface area contributed by atoms with Crippen molar-refractivity contribution in [2.45, 2.75) is 52.1 Å². The first kappa shape index (κ1) is 14.6. The average Bonchev–Trinajstić information content (AvgIpc) is 2.96. The lowest BCUT2D eigenvalue weighted by molar-refractivity contribution is 0.0136. The molecule has 0 aromatic heterocycles. The van der Waals surface area contributed by atoms with Gasteiger partial charge in [0.25, 0.3) is 0 Å². The molecule has 4 nitrogen and oxygen atoms in total. The molecule has 0 bridgehead atoms. The van der Waals surface area contributed by atoms with Crippen molar-refractivity contribution < 1.29 is 9.53 Å². The fraction of sp³-hybridized carbons (Fsp3) is 0.933. The molecular weight excluding hydrogens is 240 g/mol. The van der Waals surface area contributed by atoms with Crippen LogP contribution in [0, 0.1) is 11.3 Å². The molecule has 2 fully saturated rings. The van der Waals surface area contributed by atoms with Gasteiger partial charge in [0.1, 0.15) is 5.60 Å². The second kappa shape index (κ2) is 5.31. The Hall–Kier alpha value is -0.770. The predicted molar refractivity (Wildman–Crippen MR) is 76.1 cm³/mol. The molecular formula is C15H28N2O2. The first-order valence-corrected chi connectivity index (χ1v) is 7.49. The quantitative estimate of drug-likeness (QED) is 0.855. The van der Waals surface area contributed by atoms with Crippen molar-refractivity contribution in [1.29, 1.82) is 0 Å². The number of nitrogens with zero attached hydrogens (tertiary/aromatic N) is 1. The van der Waals surface area contributed by atoms with Crippen LogP contribution in [-0.2, 0) is 4.74 Å². The summed E-state index contributed by atoms with van der Waals surface area (Å²) in [6.07, 6.45) is 4.79. The Labute approximate surface area is 116 Å². The Balaban J connectivity index is 1.87. The average molecular weight is 268 g/mol. The van der Waals surface area contributed by atoms with Crippen LogP contribution < -0.4 is 5.32 Å². The highest BCUT2D eigenvalue weighted by Gasteiger charge is 2.55. The Morgan fingerprint density at radius 3 is 2.84 bits per heavy atom. The molecule has 19 heavy (non-hydrogen) atoms. The van der Waals surface area contributed by atoms with E-state index in [9.17, 15) is 4.79 Å². The summed E-state index contributed by atoms with van der Waals surface area (Å²) in [4.78, 5) is 14.1. The minimum Gasteiger partial charge on any atom is -0.444 e. The number of rotatable bonds is 3. The van der Waals surface area contributed by atoms with E-state index in [0.29, 0.717) is 5.41 Å². The van der Waals surface area contributed by atoms with Gasteiger partial charge in [-0.15, -0.1) is 0 Å². The number of nitrogens with one attached hydrogen (secondary N) is 1. The van der Waals surface area contributed by atoms with Gasteiger partial charge < -0.3 is 15.0 Å². The van der Waals surface area contributed by atoms with Gasteiger partial charge in [-0.05, 0) is 71.4 Å². The predicted octanol–water partition coefficient (Wildman–Crippen LogP) is 2.63. The molecule has 1 aliphatic carbocycles. The lowest BCUT2D eigenvalue weighted by Gasteiger charge is -2.35. The van der Waals surface area contributed by atoms with Crippen molar-refractivity contribution in [2.24, 2.45) is 11.3 Å². The monoisotopic (exact) mass is 268 g/mol. The summed E-state index contributed by atoms with van der Waals surface area (Å²) in [7, 11) is 2.00. The topological polar surface area (TPSA) is 41.6 Å². The molecule has 0 aromatic rings. The zero-order valence-corrected chi connectivity index (χ0v) is 12.8. The summed E-state index contributed by atoms with van der Waals surface area (Å²) >= 11 is 0. The molecule has 1 spiro atoms. The molecule has 0 aromatic carbocycles. The van der Waals surface area contributed by atoms with Crippen molar-refractivity contribution in [2.75, 3.05) is 26.7 Å². The first-order chi connectivity index (χ1) is 8.86. The zero-order valence-electron chi connectivity index (χ0n) is 12.8. The largest absolute Gasteiger partial charge is 0.444 e. The van der Waals surface area contributed by atoms with E-state index in [0.717, 1.165) is 32.0 Å². The molecule has 1 amide bonds. The van der Waals surface area contributed by atoms with Crippen LogP contribution in [0.15, 0.2) is 0 Å². The number of amides is 1. The minimum atomic E-state index is -0.392. The fourth-order valence-electron chi connectivity index (χ4n) is 3.30. The zero-order chi connectivity index (χ0) is 14.1. The number of ether oxygens (including phenoxy) is 1. The van der Waals surface area contributed by atoms with Gasteiger partial charge in [-0.2, -0.15) is 0 Å². The van der Waals surface area contributed by atoms with E-state index >= 15 is 0 Å². The smallest absolute Gasteiger partial charge is 0.410 e. The van der Waals surface area contributed by atoms with Gasteiger partial charge in [0.15, 0.2) is 0 Å². The molecule has 1 N–H and O–H groups in total. The minimum absolute atomic E-state index is 0.133. The SMILES string of the molecule is CNCCC1CC12CCCN(C(=O)OC(C)(C)C)C2. The van der Waals surface area contributed by atoms with Crippen molar-refractivity contribution in [3.8, 4) is 0 Å². The van der Waals surface area contributed by atoms with E-state index in [1.165, 1.54) is 19.3 Å². The first-order valence-electron chi connectivity index (χ1n) is 7.49. The van der Waals surface area contributed by atoms with Crippen LogP contribution in [0.5, 0.6) is 0 Å². The molecule has 1 aliphatic heterocycles. The highest BCUT2D eigenvalue weighted by Crippen LogP contribution is 2.59. The van der Waals surface area contributed by atoms with E-state index in [1.54, 1.807) is 0 Å². The Bertz CT molecular complexity index is 338. The summed E-state index contributed by atoms with van der Waals surface area (Å²) in [6.45, 7) is 8.62. The lowest BCUT2D eigenvalue weighted by atomic mass is 9.91. The maximum absolute atomic E-state index is 12.1. The number of hydrogen-bond donors (Lipinski definition) is 1. The van der Waals surface area contributed by atoms with Crippen LogP contribution >= 0.6 is 0 Å². The third-order valence-corrected chi connectivity index (χ3v) is 4.36. The highest BCUT2D eigenvalue weighted by molar-refractivity contribution is 5.68. The van der Waals surface area contributed by atoms with E-state index in [4.69, 9.17) is 4.74 Å². The van der Waals surface area contributed by atoms with Gasteiger partial charge in [-0.1, -0.05) is 0 Å². The summed E-state index contributed by atoms with van der Waals surface area (Å²) in [5.41, 5.74) is 0.0166. The number of carbonyl (C=O) groups excluding carboxylic acids is 1. The van der Waals surface area contributed by atoms with E-state index in [-0.39, 0.29) is 6.09 Å². The van der Waals surface area contributed by atoms with E-state index < -0.39 is 5.60 Å². The number of likely N-dealkylation sites (tertiary alicyclic amines) is 1. The van der Waals surface area contributed by atoms with Crippen molar-refractivity contribution in [1.82, 2.24) is 10.2 Å². The van der Waals surface area contributed by atoms with Gasteiger partial charge in [-0.3, -0.25) is 0 Å². The summed E-state index contributed by atoms with van der Waals surface area (Å²) in [5, 5.41) is 3.22. The van der Waals surface area contributed by atoms with Crippen molar-refractivity contribution in [3.63, 3.8) is 0 Å². The fourth-order valence-corrected chi connectivity index (χ4v) is 3.30. The van der Waals surface area contributed by atoms with Gasteiger partial charge >= 0.3 is 6.09 Å². The van der Waals surface area contributed by atoms with Gasteiger partial charge in [0.05, 0.1) is 0 Å². The number of carbonyl (C=O) groups is 1. The molecule has 1 saturated heterocycles. The Morgan fingerprint density at radius 2 is 2.21 bits per heavy atom. The van der Waals surface area contributed by atoms with Crippen molar-refractivity contribution in [3.05, 3.63) is 0 Å². The second-order valence-corrected chi connectivity index (χ2v) is 7.16. The van der Waals surface area contributed by atoms with Crippen LogP contribution in [0.1, 0.15) is 46.5 Å². The van der Waals surface area contributed by atoms with Crippen LogP contribution in [0.3, 0.4) is 0 Å². The van der Waals surface area contributed by atoms with Gasteiger partial charge in [0.2, 0.25) is 0 Å². The molecule has 1 saturated carbocycles. The number of piperidine rings is 1. The highest BCUT2D eigenvalue weighted by atomic mass is 16.6. The second-order valence-electron chi connectivity index (χ2n) is 7.16. The summed E-state index contributed by atoms with van der Waals surface area (Å²) < 4.78 is 5.49. The van der Waals surface area contributed by atoms with Gasteiger partial charge in [-0.25, -0.2) is 4.79 Å². The standard InChI is InChI=1S/C15H28N2O2/c1-14(2,3)19-13(18)17-9-5-7-15(11-17)10-12(15)6-8-16-4/h12,16H,5-11H2,1-4H3. The van der Waals surface area contributed by atoms with Crippen LogP contribution in [0.2, 0.25) is 0 Å². The molecule has 2 unspecified atom stereocenters. The summed E-state index contributed by atoms with van der Waals surface area (Å²) in [6, 6.07) is 0. The number of hydrogen-bond acceptors (Lipinski definition) is 3. The molecule has 1 heterocycles. The van der Waals surface area contributed by atoms with Crippen LogP contribution in [0.4, 0.5) is 4.79 Å². The lowest BCUT2D eigenvalue weighted by Crippen LogP contribution is -2.44. The molecule has 2 atom stereocenters. The summed E-state index contributed by atoms with van der Waals surface area (Å²) in [5.74, 6) is 0.796. The normalized spacial score (nSPS) is 30.5. The van der Waals surface area contributed by atoms with Crippen molar-refractivity contribution >= 4 is 6.09 Å². The molecule has 4 heteroatoms. The van der Waals surface area contributed by atoms with Crippen LogP contribution in [-0.4, -0.2) is 43.3 Å². The Morgan fingerprint density at radius 1 is 1.47 bits per heavy atom. The van der Waals surface area contributed by atoms with Gasteiger partial charge in [0, 0.05) is 13.1 Å². The molecule has 2 aliphatic rings. The maximum atomic E-state index is 12.1. The third-order valence-electron chi connectivity index (χ3n) is 4.36. The molecule has 0 radical (unpaired) electrons. The maximum Gasteiger partial charge on any atom is 0.410 e. The third kappa shape index (κ3) is 3.62.